The van der Waals surface area contributed by atoms with Crippen LogP contribution in [0.3, 0.4) is 0 Å². The molecule has 1 atom stereocenters. The van der Waals surface area contributed by atoms with Gasteiger partial charge in [0.15, 0.2) is 0 Å². The van der Waals surface area contributed by atoms with Gasteiger partial charge in [-0.3, -0.25) is 9.78 Å². The summed E-state index contributed by atoms with van der Waals surface area (Å²) in [6.07, 6.45) is -1.86. The van der Waals surface area contributed by atoms with Gasteiger partial charge in [0.25, 0.3) is 5.91 Å². The zero-order valence-electron chi connectivity index (χ0n) is 16.5. The molecule has 0 saturated heterocycles. The van der Waals surface area contributed by atoms with Crippen molar-refractivity contribution < 1.29 is 22.7 Å². The van der Waals surface area contributed by atoms with Gasteiger partial charge in [0.1, 0.15) is 11.4 Å². The standard InChI is InChI=1S/C15H14F3N3O2.C4H11N/c1-9-7-19-8-13(20-9)14(22)21-10(2)11-3-5-12(6-4-11)23-15(16,17)18;1-4(2,3)5/h3-8,10H,1-2H3,(H,21,22);5H2,1-3H3. The molecular formula is C19H25F3N4O2. The number of halogens is 3. The van der Waals surface area contributed by atoms with Crippen molar-refractivity contribution in [3.05, 3.63) is 53.6 Å². The summed E-state index contributed by atoms with van der Waals surface area (Å²) in [6.45, 7) is 9.32. The molecule has 9 heteroatoms. The molecule has 3 N–H and O–H groups in total. The first-order chi connectivity index (χ1) is 12.7. The third kappa shape index (κ3) is 9.86. The molecule has 0 fully saturated rings. The maximum Gasteiger partial charge on any atom is 0.573 e. The number of aryl methyl sites for hydroxylation is 1. The van der Waals surface area contributed by atoms with Gasteiger partial charge >= 0.3 is 6.36 Å². The number of benzene rings is 1. The molecule has 0 bridgehead atoms. The SMILES string of the molecule is CC(C)(C)N.Cc1cncc(C(=O)NC(C)c2ccc(OC(F)(F)F)cc2)n1. The van der Waals surface area contributed by atoms with Gasteiger partial charge in [-0.1, -0.05) is 12.1 Å². The number of aromatic nitrogens is 2. The number of hydrogen-bond donors (Lipinski definition) is 2. The molecule has 0 aliphatic heterocycles. The average Bonchev–Trinajstić information content (AvgIpc) is 2.52. The van der Waals surface area contributed by atoms with Gasteiger partial charge in [0.05, 0.1) is 17.9 Å². The lowest BCUT2D eigenvalue weighted by Crippen LogP contribution is -2.27. The molecule has 1 unspecified atom stereocenters. The van der Waals surface area contributed by atoms with Gasteiger partial charge in [-0.15, -0.1) is 13.2 Å². The van der Waals surface area contributed by atoms with Crippen molar-refractivity contribution in [1.29, 1.82) is 0 Å². The van der Waals surface area contributed by atoms with E-state index in [0.717, 1.165) is 0 Å². The second-order valence-corrected chi connectivity index (χ2v) is 7.22. The number of carbonyl (C=O) groups excluding carboxylic acids is 1. The van der Waals surface area contributed by atoms with E-state index in [0.29, 0.717) is 11.3 Å². The quantitative estimate of drug-likeness (QED) is 0.815. The fourth-order valence-corrected chi connectivity index (χ4v) is 1.88. The van der Waals surface area contributed by atoms with E-state index >= 15 is 0 Å². The average molecular weight is 398 g/mol. The molecule has 2 aromatic rings. The Balaban J connectivity index is 0.000000696. The van der Waals surface area contributed by atoms with E-state index in [2.05, 4.69) is 20.0 Å². The fourth-order valence-electron chi connectivity index (χ4n) is 1.88. The Bertz CT molecular complexity index is 766. The van der Waals surface area contributed by atoms with Crippen molar-refractivity contribution in [3.8, 4) is 5.75 Å². The zero-order valence-corrected chi connectivity index (χ0v) is 16.5. The van der Waals surface area contributed by atoms with E-state index in [1.807, 2.05) is 20.8 Å². The Morgan fingerprint density at radius 1 is 1.14 bits per heavy atom. The molecule has 0 aliphatic rings. The van der Waals surface area contributed by atoms with Gasteiger partial charge in [-0.05, 0) is 52.3 Å². The highest BCUT2D eigenvalue weighted by atomic mass is 19.4. The van der Waals surface area contributed by atoms with Gasteiger partial charge < -0.3 is 15.8 Å². The summed E-state index contributed by atoms with van der Waals surface area (Å²) >= 11 is 0. The first kappa shape index (κ1) is 23.4. The van der Waals surface area contributed by atoms with E-state index in [4.69, 9.17) is 5.73 Å². The third-order valence-electron chi connectivity index (χ3n) is 2.95. The largest absolute Gasteiger partial charge is 0.573 e. The Kier molecular flexibility index (Phi) is 7.92. The van der Waals surface area contributed by atoms with Crippen LogP contribution < -0.4 is 15.8 Å². The summed E-state index contributed by atoms with van der Waals surface area (Å²) in [7, 11) is 0. The first-order valence-electron chi connectivity index (χ1n) is 8.49. The highest BCUT2D eigenvalue weighted by Gasteiger charge is 2.31. The lowest BCUT2D eigenvalue weighted by molar-refractivity contribution is -0.274. The Morgan fingerprint density at radius 3 is 2.14 bits per heavy atom. The fraction of sp³-hybridized carbons (Fsp3) is 0.421. The van der Waals surface area contributed by atoms with Gasteiger partial charge in [0.2, 0.25) is 0 Å². The normalized spacial score (nSPS) is 12.5. The van der Waals surface area contributed by atoms with Crippen molar-refractivity contribution in [1.82, 2.24) is 15.3 Å². The van der Waals surface area contributed by atoms with Crippen LogP contribution in [-0.4, -0.2) is 27.8 Å². The summed E-state index contributed by atoms with van der Waals surface area (Å²) in [6, 6.07) is 4.88. The van der Waals surface area contributed by atoms with Crippen molar-refractivity contribution >= 4 is 5.91 Å². The van der Waals surface area contributed by atoms with Crippen molar-refractivity contribution in [2.24, 2.45) is 5.73 Å². The van der Waals surface area contributed by atoms with E-state index in [1.165, 1.54) is 36.7 Å². The van der Waals surface area contributed by atoms with Crippen molar-refractivity contribution in [2.75, 3.05) is 0 Å². The molecule has 2 rings (SSSR count). The molecule has 0 spiro atoms. The number of carbonyl (C=O) groups is 1. The predicted molar refractivity (Wildman–Crippen MR) is 99.7 cm³/mol. The van der Waals surface area contributed by atoms with Crippen LogP contribution in [0.5, 0.6) is 5.75 Å². The van der Waals surface area contributed by atoms with Crippen LogP contribution in [0.1, 0.15) is 55.5 Å². The topological polar surface area (TPSA) is 90.1 Å². The first-order valence-corrected chi connectivity index (χ1v) is 8.49. The van der Waals surface area contributed by atoms with Crippen molar-refractivity contribution in [2.45, 2.75) is 52.6 Å². The Labute approximate surface area is 162 Å². The molecule has 0 aliphatic carbocycles. The molecule has 1 heterocycles. The maximum atomic E-state index is 12.1. The van der Waals surface area contributed by atoms with Gasteiger partial charge in [0, 0.05) is 11.7 Å². The van der Waals surface area contributed by atoms with E-state index in [9.17, 15) is 18.0 Å². The number of nitrogens with two attached hydrogens (primary N) is 1. The molecular weight excluding hydrogens is 373 g/mol. The second kappa shape index (κ2) is 9.50. The number of nitrogens with zero attached hydrogens (tertiary/aromatic N) is 2. The zero-order chi connectivity index (χ0) is 21.5. The van der Waals surface area contributed by atoms with Crippen LogP contribution in [0.4, 0.5) is 13.2 Å². The number of nitrogens with one attached hydrogen (secondary N) is 1. The lowest BCUT2D eigenvalue weighted by Gasteiger charge is -2.15. The summed E-state index contributed by atoms with van der Waals surface area (Å²) in [4.78, 5) is 20.0. The maximum absolute atomic E-state index is 12.1. The number of rotatable bonds is 4. The summed E-state index contributed by atoms with van der Waals surface area (Å²) in [5.74, 6) is -0.728. The summed E-state index contributed by atoms with van der Waals surface area (Å²) < 4.78 is 40.1. The highest BCUT2D eigenvalue weighted by molar-refractivity contribution is 5.92. The third-order valence-corrected chi connectivity index (χ3v) is 2.95. The molecule has 0 radical (unpaired) electrons. The smallest absolute Gasteiger partial charge is 0.406 e. The molecule has 0 saturated carbocycles. The minimum atomic E-state index is -4.73. The van der Waals surface area contributed by atoms with E-state index < -0.39 is 18.3 Å². The number of amides is 1. The van der Waals surface area contributed by atoms with E-state index in [1.54, 1.807) is 13.8 Å². The highest BCUT2D eigenvalue weighted by Crippen LogP contribution is 2.24. The van der Waals surface area contributed by atoms with Crippen LogP contribution in [0.15, 0.2) is 36.7 Å². The molecule has 1 aromatic carbocycles. The molecule has 1 aromatic heterocycles. The van der Waals surface area contributed by atoms with Crippen molar-refractivity contribution in [3.63, 3.8) is 0 Å². The summed E-state index contributed by atoms with van der Waals surface area (Å²) in [5, 5.41) is 2.70. The predicted octanol–water partition coefficient (Wildman–Crippen LogP) is 3.92. The number of hydrogen-bond acceptors (Lipinski definition) is 5. The monoisotopic (exact) mass is 398 g/mol. The number of ether oxygens (including phenoxy) is 1. The lowest BCUT2D eigenvalue weighted by atomic mass is 10.1. The Hall–Kier alpha value is -2.68. The molecule has 6 nitrogen and oxygen atoms in total. The van der Waals surface area contributed by atoms with Crippen LogP contribution in [-0.2, 0) is 0 Å². The number of alkyl halides is 3. The van der Waals surface area contributed by atoms with Crippen LogP contribution in [0, 0.1) is 6.92 Å². The van der Waals surface area contributed by atoms with Crippen LogP contribution >= 0.6 is 0 Å². The van der Waals surface area contributed by atoms with Gasteiger partial charge in [-0.25, -0.2) is 4.98 Å². The summed E-state index contributed by atoms with van der Waals surface area (Å²) in [5.41, 5.74) is 6.77. The van der Waals surface area contributed by atoms with E-state index in [-0.39, 0.29) is 17.0 Å². The van der Waals surface area contributed by atoms with Crippen LogP contribution in [0.25, 0.3) is 0 Å². The molecule has 154 valence electrons. The molecule has 28 heavy (non-hydrogen) atoms. The minimum absolute atomic E-state index is 0. The molecule has 1 amide bonds. The minimum Gasteiger partial charge on any atom is -0.406 e. The van der Waals surface area contributed by atoms with Crippen LogP contribution in [0.2, 0.25) is 0 Å². The second-order valence-electron chi connectivity index (χ2n) is 7.22. The Morgan fingerprint density at radius 2 is 1.68 bits per heavy atom. The van der Waals surface area contributed by atoms with Gasteiger partial charge in [-0.2, -0.15) is 0 Å².